The van der Waals surface area contributed by atoms with Gasteiger partial charge >= 0.3 is 0 Å². The van der Waals surface area contributed by atoms with E-state index >= 15 is 0 Å². The monoisotopic (exact) mass is 573 g/mol. The molecule has 0 aliphatic carbocycles. The van der Waals surface area contributed by atoms with Crippen molar-refractivity contribution in [2.24, 2.45) is 10.9 Å². The Morgan fingerprint density at radius 2 is 1.72 bits per heavy atom. The first-order valence-electron chi connectivity index (χ1n) is 14.4. The number of nitrogens with zero attached hydrogens (tertiary/aromatic N) is 4. The fraction of sp³-hybridized carbons (Fsp3) is 0.278. The number of pyridine rings is 1. The maximum Gasteiger partial charge on any atom is 0.141 e. The Kier molecular flexibility index (Phi) is 11.3. The van der Waals surface area contributed by atoms with Crippen LogP contribution < -0.4 is 10.1 Å². The first-order valence-corrected chi connectivity index (χ1v) is 14.4. The number of benzene rings is 3. The molecule has 3 aromatic carbocycles. The summed E-state index contributed by atoms with van der Waals surface area (Å²) < 4.78 is 6.14. The standard InChI is InChI=1S/C32H26N4O2.C2H7N.C2H6/c1-20(2)17-35-18-21(3)32(37)25-9-10-30-29(12-25)28(14-27(16-34)36-30)23-6-4-5-22(11-23)19-38-31-13-26(32)8-7-24(31)15-33;1-3-2;1-2/h4-14,17-18,20,37H,19H2,1-3H3;3H,1-2H3;1-2H3/b21-18+,35-17?;;. The molecular formula is C36H39N5O2. The number of ether oxygens (including phenoxy) is 1. The summed E-state index contributed by atoms with van der Waals surface area (Å²) in [6, 6.07) is 24.7. The summed E-state index contributed by atoms with van der Waals surface area (Å²) in [7, 11) is 3.75. The van der Waals surface area contributed by atoms with Gasteiger partial charge in [0.15, 0.2) is 0 Å². The van der Waals surface area contributed by atoms with Crippen LogP contribution in [0.2, 0.25) is 0 Å². The van der Waals surface area contributed by atoms with Crippen LogP contribution in [-0.2, 0) is 12.2 Å². The van der Waals surface area contributed by atoms with Gasteiger partial charge in [-0.1, -0.05) is 58.0 Å². The molecule has 7 heteroatoms. The molecule has 1 aliphatic heterocycles. The van der Waals surface area contributed by atoms with E-state index in [0.717, 1.165) is 22.1 Å². The van der Waals surface area contributed by atoms with Gasteiger partial charge in [0.25, 0.3) is 0 Å². The molecule has 0 saturated heterocycles. The van der Waals surface area contributed by atoms with Gasteiger partial charge in [0.05, 0.1) is 11.1 Å². The van der Waals surface area contributed by atoms with Gasteiger partial charge in [0.1, 0.15) is 35.8 Å². The van der Waals surface area contributed by atoms with Crippen LogP contribution in [0.1, 0.15) is 62.6 Å². The van der Waals surface area contributed by atoms with Gasteiger partial charge in [-0.15, -0.1) is 0 Å². The minimum absolute atomic E-state index is 0.231. The van der Waals surface area contributed by atoms with Crippen LogP contribution in [0.3, 0.4) is 0 Å². The fourth-order valence-corrected chi connectivity index (χ4v) is 4.74. The van der Waals surface area contributed by atoms with Crippen LogP contribution in [0, 0.1) is 28.6 Å². The van der Waals surface area contributed by atoms with Gasteiger partial charge < -0.3 is 15.2 Å². The zero-order valence-corrected chi connectivity index (χ0v) is 25.9. The van der Waals surface area contributed by atoms with Crippen LogP contribution in [0.15, 0.2) is 83.5 Å². The minimum atomic E-state index is -1.58. The van der Waals surface area contributed by atoms with E-state index in [2.05, 4.69) is 27.4 Å². The Labute approximate surface area is 254 Å². The molecule has 1 aliphatic rings. The van der Waals surface area contributed by atoms with Crippen LogP contribution in [0.5, 0.6) is 5.75 Å². The van der Waals surface area contributed by atoms with E-state index in [0.29, 0.717) is 39.2 Å². The van der Waals surface area contributed by atoms with Crippen molar-refractivity contribution in [2.75, 3.05) is 14.1 Å². The molecule has 1 aromatic heterocycles. The van der Waals surface area contributed by atoms with E-state index in [1.165, 1.54) is 0 Å². The second-order valence-electron chi connectivity index (χ2n) is 10.3. The summed E-state index contributed by atoms with van der Waals surface area (Å²) in [6.45, 7) is 10.1. The third-order valence-corrected chi connectivity index (χ3v) is 6.72. The maximum atomic E-state index is 12.5. The summed E-state index contributed by atoms with van der Waals surface area (Å²) in [5.74, 6) is 0.640. The largest absolute Gasteiger partial charge is 0.488 e. The number of nitriles is 2. The summed E-state index contributed by atoms with van der Waals surface area (Å²) in [6.07, 6.45) is 3.49. The van der Waals surface area contributed by atoms with E-state index in [1.807, 2.05) is 97.4 Å². The molecule has 1 unspecified atom stereocenters. The lowest BCUT2D eigenvalue weighted by Gasteiger charge is -2.31. The van der Waals surface area contributed by atoms with Crippen molar-refractivity contribution in [3.05, 3.63) is 106 Å². The summed E-state index contributed by atoms with van der Waals surface area (Å²) in [5.41, 5.74) is 4.16. The lowest BCUT2D eigenvalue weighted by atomic mass is 9.79. The van der Waals surface area contributed by atoms with E-state index in [4.69, 9.17) is 4.74 Å². The molecule has 43 heavy (non-hydrogen) atoms. The van der Waals surface area contributed by atoms with Crippen LogP contribution in [0.4, 0.5) is 0 Å². The SMILES string of the molecule is C/C(=C\N=CC(C)C)C1(O)c2ccc(C#N)c(c2)OCc2cccc(c2)-c2cc(C#N)nc3ccc1cc23.CC.CNC. The van der Waals surface area contributed by atoms with Crippen molar-refractivity contribution in [3.63, 3.8) is 0 Å². The van der Waals surface area contributed by atoms with Crippen molar-refractivity contribution in [1.29, 1.82) is 10.5 Å². The van der Waals surface area contributed by atoms with E-state index < -0.39 is 5.60 Å². The Morgan fingerprint density at radius 1 is 1.02 bits per heavy atom. The molecule has 6 bridgehead atoms. The maximum absolute atomic E-state index is 12.5. The second kappa shape index (κ2) is 14.9. The quantitative estimate of drug-likeness (QED) is 0.249. The molecule has 1 atom stereocenters. The molecule has 2 N–H and O–H groups in total. The van der Waals surface area contributed by atoms with Gasteiger partial charge in [-0.3, -0.25) is 4.99 Å². The second-order valence-corrected chi connectivity index (χ2v) is 10.3. The first kappa shape index (κ1) is 32.7. The third kappa shape index (κ3) is 7.16. The number of aliphatic imine (C=N–C) groups is 1. The molecule has 5 rings (SSSR count). The van der Waals surface area contributed by atoms with E-state index in [-0.39, 0.29) is 12.5 Å². The predicted molar refractivity (Wildman–Crippen MR) is 174 cm³/mol. The smallest absolute Gasteiger partial charge is 0.141 e. The van der Waals surface area contributed by atoms with Crippen LogP contribution in [-0.4, -0.2) is 30.4 Å². The highest BCUT2D eigenvalue weighted by Gasteiger charge is 2.35. The molecule has 2 heterocycles. The number of hydrogen-bond donors (Lipinski definition) is 2. The van der Waals surface area contributed by atoms with Crippen molar-refractivity contribution in [3.8, 4) is 29.0 Å². The summed E-state index contributed by atoms with van der Waals surface area (Å²) in [4.78, 5) is 8.97. The summed E-state index contributed by atoms with van der Waals surface area (Å²) >= 11 is 0. The normalized spacial score (nSPS) is 15.5. The molecule has 4 aromatic rings. The molecule has 0 fully saturated rings. The van der Waals surface area contributed by atoms with Crippen molar-refractivity contribution in [2.45, 2.75) is 46.8 Å². The highest BCUT2D eigenvalue weighted by atomic mass is 16.5. The van der Waals surface area contributed by atoms with Gasteiger partial charge in [-0.2, -0.15) is 10.5 Å². The van der Waals surface area contributed by atoms with Crippen molar-refractivity contribution < 1.29 is 9.84 Å². The topological polar surface area (TPSA) is 114 Å². The molecule has 0 saturated carbocycles. The first-order chi connectivity index (χ1) is 20.7. The third-order valence-electron chi connectivity index (χ3n) is 6.72. The molecular weight excluding hydrogens is 534 g/mol. The van der Waals surface area contributed by atoms with E-state index in [1.54, 1.807) is 30.5 Å². The van der Waals surface area contributed by atoms with Crippen LogP contribution >= 0.6 is 0 Å². The van der Waals surface area contributed by atoms with E-state index in [9.17, 15) is 15.6 Å². The van der Waals surface area contributed by atoms with Crippen molar-refractivity contribution >= 4 is 17.1 Å². The number of nitrogens with one attached hydrogen (secondary N) is 1. The Hall–Kier alpha value is -4.82. The van der Waals surface area contributed by atoms with Gasteiger partial charge in [0.2, 0.25) is 0 Å². The zero-order valence-electron chi connectivity index (χ0n) is 25.9. The van der Waals surface area contributed by atoms with Crippen molar-refractivity contribution in [1.82, 2.24) is 10.3 Å². The summed E-state index contributed by atoms with van der Waals surface area (Å²) in [5, 5.41) is 35.4. The molecule has 0 amide bonds. The lowest BCUT2D eigenvalue weighted by molar-refractivity contribution is 0.120. The average molecular weight is 574 g/mol. The minimum Gasteiger partial charge on any atom is -0.488 e. The average Bonchev–Trinajstić information content (AvgIpc) is 3.03. The van der Waals surface area contributed by atoms with Gasteiger partial charge in [-0.05, 0) is 96.7 Å². The fourth-order valence-electron chi connectivity index (χ4n) is 4.74. The zero-order chi connectivity index (χ0) is 31.6. The highest BCUT2D eigenvalue weighted by molar-refractivity contribution is 5.96. The number of aromatic nitrogens is 1. The Morgan fingerprint density at radius 3 is 2.40 bits per heavy atom. The lowest BCUT2D eigenvalue weighted by Crippen LogP contribution is -2.29. The van der Waals surface area contributed by atoms with Gasteiger partial charge in [0, 0.05) is 17.8 Å². The molecule has 0 spiro atoms. The number of hydrogen-bond acceptors (Lipinski definition) is 7. The Balaban J connectivity index is 0.000000953. The van der Waals surface area contributed by atoms with Gasteiger partial charge in [-0.25, -0.2) is 4.98 Å². The molecule has 220 valence electrons. The molecule has 7 nitrogen and oxygen atoms in total. The number of aliphatic hydroxyl groups is 1. The predicted octanol–water partition coefficient (Wildman–Crippen LogP) is 7.27. The Bertz CT molecular complexity index is 1730. The van der Waals surface area contributed by atoms with Crippen LogP contribution in [0.25, 0.3) is 22.0 Å². The number of rotatable bonds is 3. The number of fused-ring (bicyclic) bond motifs is 6. The molecule has 0 radical (unpaired) electrons. The highest BCUT2D eigenvalue weighted by Crippen LogP contribution is 2.41.